The molecule has 0 saturated carbocycles. The fourth-order valence-corrected chi connectivity index (χ4v) is 4.75. The first-order valence-corrected chi connectivity index (χ1v) is 11.3. The van der Waals surface area contributed by atoms with E-state index in [2.05, 4.69) is 0 Å². The van der Waals surface area contributed by atoms with Gasteiger partial charge in [0.2, 0.25) is 5.79 Å². The number of ether oxygens (including phenoxy) is 4. The number of fused-ring (bicyclic) bond motifs is 2. The van der Waals surface area contributed by atoms with Crippen LogP contribution >= 0.6 is 11.6 Å². The minimum atomic E-state index is -1.71. The molecule has 9 heteroatoms. The highest BCUT2D eigenvalue weighted by molar-refractivity contribution is 6.31. The standard InChI is InChI=1S/C24H28ClFO7/c1-3-30-19-8-5-14(10-18(19)26)9-15-11-16(6-7-17(15)25)24-21(29)20(28)22(31-4-2)23(12-27,33-24)13-32-24/h5-8,10-11,20-22,27-29H,3-4,9,12-13H2,1-2H3/t20-,21-,22+,23+,24+/m1/s1. The third kappa shape index (κ3) is 4.14. The molecule has 2 saturated heterocycles. The van der Waals surface area contributed by atoms with E-state index in [0.29, 0.717) is 34.7 Å². The van der Waals surface area contributed by atoms with Crippen molar-refractivity contribution in [2.24, 2.45) is 0 Å². The van der Waals surface area contributed by atoms with Gasteiger partial charge in [0.1, 0.15) is 23.9 Å². The van der Waals surface area contributed by atoms with E-state index >= 15 is 0 Å². The lowest BCUT2D eigenvalue weighted by Crippen LogP contribution is -2.66. The topological polar surface area (TPSA) is 97.6 Å². The molecule has 2 heterocycles. The van der Waals surface area contributed by atoms with Crippen molar-refractivity contribution in [1.82, 2.24) is 0 Å². The van der Waals surface area contributed by atoms with Crippen molar-refractivity contribution in [2.45, 2.75) is 50.0 Å². The number of aliphatic hydroxyl groups excluding tert-OH is 3. The number of halogens is 2. The van der Waals surface area contributed by atoms with Gasteiger partial charge in [-0.3, -0.25) is 0 Å². The molecule has 2 bridgehead atoms. The molecule has 2 aromatic rings. The third-order valence-corrected chi connectivity index (χ3v) is 6.55. The maximum Gasteiger partial charge on any atom is 0.225 e. The van der Waals surface area contributed by atoms with Gasteiger partial charge in [-0.15, -0.1) is 0 Å². The first kappa shape index (κ1) is 24.3. The molecule has 5 atom stereocenters. The van der Waals surface area contributed by atoms with E-state index in [1.165, 1.54) is 6.07 Å². The maximum atomic E-state index is 14.3. The Morgan fingerprint density at radius 1 is 1.15 bits per heavy atom. The van der Waals surface area contributed by atoms with Crippen LogP contribution in [0.4, 0.5) is 4.39 Å². The lowest BCUT2D eigenvalue weighted by molar-refractivity contribution is -0.334. The average molecular weight is 483 g/mol. The van der Waals surface area contributed by atoms with Crippen LogP contribution in [0, 0.1) is 5.82 Å². The van der Waals surface area contributed by atoms with Crippen molar-refractivity contribution in [3.63, 3.8) is 0 Å². The van der Waals surface area contributed by atoms with Gasteiger partial charge < -0.3 is 34.3 Å². The molecule has 2 fully saturated rings. The first-order valence-electron chi connectivity index (χ1n) is 10.9. The monoisotopic (exact) mass is 482 g/mol. The second kappa shape index (κ2) is 9.46. The van der Waals surface area contributed by atoms with Crippen LogP contribution in [0.3, 0.4) is 0 Å². The van der Waals surface area contributed by atoms with E-state index in [1.807, 2.05) is 0 Å². The van der Waals surface area contributed by atoms with Crippen LogP contribution in [-0.4, -0.2) is 65.7 Å². The van der Waals surface area contributed by atoms with Gasteiger partial charge in [-0.25, -0.2) is 4.39 Å². The summed E-state index contributed by atoms with van der Waals surface area (Å²) in [6, 6.07) is 9.66. The van der Waals surface area contributed by atoms with Crippen molar-refractivity contribution >= 4 is 11.6 Å². The molecule has 2 aliphatic heterocycles. The number of aliphatic hydroxyl groups is 3. The van der Waals surface area contributed by atoms with E-state index in [1.54, 1.807) is 44.2 Å². The summed E-state index contributed by atoms with van der Waals surface area (Å²) in [4.78, 5) is 0. The van der Waals surface area contributed by atoms with E-state index in [4.69, 9.17) is 30.5 Å². The minimum absolute atomic E-state index is 0.0790. The van der Waals surface area contributed by atoms with Gasteiger partial charge in [-0.05, 0) is 55.7 Å². The molecule has 0 amide bonds. The molecule has 0 spiro atoms. The second-order valence-corrected chi connectivity index (χ2v) is 8.68. The number of rotatable bonds is 8. The van der Waals surface area contributed by atoms with Crippen LogP contribution in [0.15, 0.2) is 36.4 Å². The van der Waals surface area contributed by atoms with Crippen LogP contribution < -0.4 is 4.74 Å². The van der Waals surface area contributed by atoms with Crippen LogP contribution in [0.2, 0.25) is 5.02 Å². The predicted octanol–water partition coefficient (Wildman–Crippen LogP) is 2.54. The zero-order valence-corrected chi connectivity index (χ0v) is 19.2. The Labute approximate surface area is 196 Å². The fourth-order valence-electron chi connectivity index (χ4n) is 4.56. The number of hydrogen-bond donors (Lipinski definition) is 3. The zero-order valence-electron chi connectivity index (χ0n) is 18.5. The van der Waals surface area contributed by atoms with Gasteiger partial charge in [-0.2, -0.15) is 0 Å². The highest BCUT2D eigenvalue weighted by Gasteiger charge is 2.67. The summed E-state index contributed by atoms with van der Waals surface area (Å²) in [5.74, 6) is -2.00. The van der Waals surface area contributed by atoms with E-state index in [-0.39, 0.29) is 19.0 Å². The van der Waals surface area contributed by atoms with Gasteiger partial charge >= 0.3 is 0 Å². The molecule has 33 heavy (non-hydrogen) atoms. The Hall–Kier alpha value is -1.78. The van der Waals surface area contributed by atoms with Gasteiger partial charge in [0.15, 0.2) is 11.6 Å². The largest absolute Gasteiger partial charge is 0.491 e. The molecule has 0 unspecified atom stereocenters. The summed E-state index contributed by atoms with van der Waals surface area (Å²) in [7, 11) is 0. The van der Waals surface area contributed by atoms with Crippen molar-refractivity contribution in [3.05, 3.63) is 63.9 Å². The van der Waals surface area contributed by atoms with E-state index in [9.17, 15) is 19.7 Å². The quantitative estimate of drug-likeness (QED) is 0.532. The van der Waals surface area contributed by atoms with Crippen LogP contribution in [0.5, 0.6) is 5.75 Å². The average Bonchev–Trinajstić information content (AvgIpc) is 3.18. The van der Waals surface area contributed by atoms with Crippen LogP contribution in [-0.2, 0) is 26.4 Å². The molecule has 7 nitrogen and oxygen atoms in total. The summed E-state index contributed by atoms with van der Waals surface area (Å²) in [6.07, 6.45) is -3.49. The summed E-state index contributed by atoms with van der Waals surface area (Å²) in [5, 5.41) is 32.3. The molecule has 2 aromatic carbocycles. The molecule has 2 aliphatic rings. The second-order valence-electron chi connectivity index (χ2n) is 8.27. The number of hydrogen-bond acceptors (Lipinski definition) is 7. The molecular formula is C24H28ClFO7. The minimum Gasteiger partial charge on any atom is -0.491 e. The predicted molar refractivity (Wildman–Crippen MR) is 118 cm³/mol. The highest BCUT2D eigenvalue weighted by atomic mass is 35.5. The summed E-state index contributed by atoms with van der Waals surface area (Å²) >= 11 is 6.42. The Morgan fingerprint density at radius 3 is 2.61 bits per heavy atom. The molecule has 0 aliphatic carbocycles. The molecule has 3 N–H and O–H groups in total. The summed E-state index contributed by atoms with van der Waals surface area (Å²) in [5.41, 5.74) is 0.415. The van der Waals surface area contributed by atoms with Gasteiger partial charge in [0.05, 0.1) is 19.8 Å². The van der Waals surface area contributed by atoms with Crippen LogP contribution in [0.1, 0.15) is 30.5 Å². The summed E-state index contributed by atoms with van der Waals surface area (Å²) < 4.78 is 37.2. The Kier molecular flexibility index (Phi) is 6.98. The highest BCUT2D eigenvalue weighted by Crippen LogP contribution is 2.50. The Balaban J connectivity index is 1.67. The molecule has 4 rings (SSSR count). The van der Waals surface area contributed by atoms with Crippen molar-refractivity contribution in [3.8, 4) is 5.75 Å². The first-order chi connectivity index (χ1) is 15.8. The lowest BCUT2D eigenvalue weighted by Gasteiger charge is -2.47. The van der Waals surface area contributed by atoms with Crippen molar-refractivity contribution in [1.29, 1.82) is 0 Å². The SMILES string of the molecule is CCOc1ccc(Cc2cc([C@]34OC[C@](CO)(O3)[C@@H](OCC)[C@H](O)[C@H]4O)ccc2Cl)cc1F. The Bertz CT molecular complexity index is 1000. The van der Waals surface area contributed by atoms with Gasteiger partial charge in [-0.1, -0.05) is 23.7 Å². The molecule has 0 radical (unpaired) electrons. The normalized spacial score (nSPS) is 31.1. The van der Waals surface area contributed by atoms with E-state index < -0.39 is 42.1 Å². The lowest BCUT2D eigenvalue weighted by atomic mass is 9.83. The zero-order chi connectivity index (χ0) is 23.8. The van der Waals surface area contributed by atoms with Gasteiger partial charge in [0, 0.05) is 17.2 Å². The molecule has 180 valence electrons. The van der Waals surface area contributed by atoms with Crippen molar-refractivity contribution < 1.29 is 38.7 Å². The molecule has 0 aromatic heterocycles. The third-order valence-electron chi connectivity index (χ3n) is 6.18. The smallest absolute Gasteiger partial charge is 0.225 e. The van der Waals surface area contributed by atoms with E-state index in [0.717, 1.165) is 0 Å². The maximum absolute atomic E-state index is 14.3. The van der Waals surface area contributed by atoms with Crippen LogP contribution in [0.25, 0.3) is 0 Å². The summed E-state index contributed by atoms with van der Waals surface area (Å²) in [6.45, 7) is 3.61. The number of benzene rings is 2. The molecular weight excluding hydrogens is 455 g/mol. The van der Waals surface area contributed by atoms with Crippen molar-refractivity contribution in [2.75, 3.05) is 26.4 Å². The fraction of sp³-hybridized carbons (Fsp3) is 0.500. The van der Waals surface area contributed by atoms with Gasteiger partial charge in [0.25, 0.3) is 0 Å². The Morgan fingerprint density at radius 2 is 1.94 bits per heavy atom.